The van der Waals surface area contributed by atoms with E-state index >= 15 is 0 Å². The SMILES string of the molecule is COc1ccc(N2C(=O)C(O)=C(c3ccccc3)[C@H]2c2cccc(Br)c2)cc1. The molecule has 0 spiro atoms. The van der Waals surface area contributed by atoms with Gasteiger partial charge in [0.2, 0.25) is 0 Å². The van der Waals surface area contributed by atoms with E-state index in [1.165, 1.54) is 0 Å². The fourth-order valence-electron chi connectivity index (χ4n) is 3.52. The predicted molar refractivity (Wildman–Crippen MR) is 113 cm³/mol. The van der Waals surface area contributed by atoms with Gasteiger partial charge in [0.05, 0.1) is 13.2 Å². The van der Waals surface area contributed by atoms with Crippen molar-refractivity contribution < 1.29 is 14.6 Å². The van der Waals surface area contributed by atoms with E-state index < -0.39 is 11.9 Å². The molecule has 1 amide bonds. The van der Waals surface area contributed by atoms with Crippen molar-refractivity contribution >= 4 is 33.1 Å². The molecule has 0 aromatic heterocycles. The zero-order valence-electron chi connectivity index (χ0n) is 15.2. The minimum absolute atomic E-state index is 0.230. The molecule has 28 heavy (non-hydrogen) atoms. The molecule has 1 N–H and O–H groups in total. The maximum atomic E-state index is 13.1. The first-order valence-electron chi connectivity index (χ1n) is 8.82. The van der Waals surface area contributed by atoms with Gasteiger partial charge in [-0.25, -0.2) is 0 Å². The molecule has 1 aliphatic heterocycles. The van der Waals surface area contributed by atoms with Crippen molar-refractivity contribution in [2.45, 2.75) is 6.04 Å². The van der Waals surface area contributed by atoms with Crippen molar-refractivity contribution in [1.82, 2.24) is 0 Å². The number of benzene rings is 3. The summed E-state index contributed by atoms with van der Waals surface area (Å²) < 4.78 is 6.14. The van der Waals surface area contributed by atoms with Gasteiger partial charge in [-0.2, -0.15) is 0 Å². The van der Waals surface area contributed by atoms with Crippen LogP contribution in [0.25, 0.3) is 5.57 Å². The zero-order chi connectivity index (χ0) is 19.7. The molecule has 0 radical (unpaired) electrons. The molecule has 0 saturated carbocycles. The van der Waals surface area contributed by atoms with Crippen molar-refractivity contribution in [2.24, 2.45) is 0 Å². The summed E-state index contributed by atoms with van der Waals surface area (Å²) >= 11 is 3.51. The standard InChI is InChI=1S/C23H18BrNO3/c1-28-19-12-10-18(11-13-19)25-21(16-8-5-9-17(24)14-16)20(22(26)23(25)27)15-6-3-2-4-7-15/h2-14,21,26H,1H3/t21-/m1/s1. The molecule has 5 heteroatoms. The van der Waals surface area contributed by atoms with E-state index in [-0.39, 0.29) is 5.76 Å². The number of carbonyl (C=O) groups is 1. The number of hydrogen-bond acceptors (Lipinski definition) is 3. The first kappa shape index (κ1) is 18.3. The maximum absolute atomic E-state index is 13.1. The Morgan fingerprint density at radius 1 is 0.964 bits per heavy atom. The van der Waals surface area contributed by atoms with Crippen molar-refractivity contribution in [3.8, 4) is 5.75 Å². The quantitative estimate of drug-likeness (QED) is 0.587. The monoisotopic (exact) mass is 435 g/mol. The first-order chi connectivity index (χ1) is 13.6. The molecular weight excluding hydrogens is 418 g/mol. The van der Waals surface area contributed by atoms with Gasteiger partial charge in [0, 0.05) is 15.7 Å². The van der Waals surface area contributed by atoms with E-state index in [2.05, 4.69) is 15.9 Å². The first-order valence-corrected chi connectivity index (χ1v) is 9.61. The third-order valence-corrected chi connectivity index (χ3v) is 5.30. The summed E-state index contributed by atoms with van der Waals surface area (Å²) in [5.41, 5.74) is 3.00. The third kappa shape index (κ3) is 3.18. The van der Waals surface area contributed by atoms with Crippen LogP contribution in [0.5, 0.6) is 5.75 Å². The minimum atomic E-state index is -0.444. The number of hydrogen-bond donors (Lipinski definition) is 1. The maximum Gasteiger partial charge on any atom is 0.294 e. The van der Waals surface area contributed by atoms with Crippen molar-refractivity contribution in [2.75, 3.05) is 12.0 Å². The van der Waals surface area contributed by atoms with Crippen molar-refractivity contribution in [1.29, 1.82) is 0 Å². The highest BCUT2D eigenvalue weighted by atomic mass is 79.9. The van der Waals surface area contributed by atoms with Crippen LogP contribution >= 0.6 is 15.9 Å². The van der Waals surface area contributed by atoms with E-state index in [4.69, 9.17) is 4.74 Å². The lowest BCUT2D eigenvalue weighted by Gasteiger charge is -2.27. The van der Waals surface area contributed by atoms with Crippen molar-refractivity contribution in [3.05, 3.63) is 100 Å². The Bertz CT molecular complexity index is 1040. The Kier molecular flexibility index (Phi) is 4.92. The molecule has 4 nitrogen and oxygen atoms in total. The lowest BCUT2D eigenvalue weighted by molar-refractivity contribution is -0.117. The van der Waals surface area contributed by atoms with E-state index in [1.54, 1.807) is 24.1 Å². The van der Waals surface area contributed by atoms with Gasteiger partial charge >= 0.3 is 0 Å². The highest BCUT2D eigenvalue weighted by Crippen LogP contribution is 2.45. The number of methoxy groups -OCH3 is 1. The second-order valence-corrected chi connectivity index (χ2v) is 7.37. The summed E-state index contributed by atoms with van der Waals surface area (Å²) in [5.74, 6) is 0.0517. The van der Waals surface area contributed by atoms with Crippen LogP contribution in [0.3, 0.4) is 0 Å². The summed E-state index contributed by atoms with van der Waals surface area (Å²) in [7, 11) is 1.60. The molecule has 3 aromatic rings. The number of carbonyl (C=O) groups excluding carboxylic acids is 1. The molecule has 1 heterocycles. The number of aliphatic hydroxyl groups is 1. The number of ether oxygens (including phenoxy) is 1. The second-order valence-electron chi connectivity index (χ2n) is 6.46. The fraction of sp³-hybridized carbons (Fsp3) is 0.0870. The minimum Gasteiger partial charge on any atom is -0.503 e. The second kappa shape index (κ2) is 7.52. The average molecular weight is 436 g/mol. The summed E-state index contributed by atoms with van der Waals surface area (Å²) in [5, 5.41) is 10.8. The number of halogens is 1. The summed E-state index contributed by atoms with van der Waals surface area (Å²) in [6, 6.07) is 24.1. The van der Waals surface area contributed by atoms with Gasteiger partial charge in [0.15, 0.2) is 5.76 Å². The van der Waals surface area contributed by atoms with Crippen LogP contribution < -0.4 is 9.64 Å². The zero-order valence-corrected chi connectivity index (χ0v) is 16.8. The molecule has 0 aliphatic carbocycles. The molecule has 3 aromatic carbocycles. The molecule has 1 atom stereocenters. The largest absolute Gasteiger partial charge is 0.503 e. The lowest BCUT2D eigenvalue weighted by Crippen LogP contribution is -2.30. The fourth-order valence-corrected chi connectivity index (χ4v) is 3.94. The van der Waals surface area contributed by atoms with Crippen LogP contribution in [0.2, 0.25) is 0 Å². The van der Waals surface area contributed by atoms with Gasteiger partial charge in [0.1, 0.15) is 5.75 Å². The van der Waals surface area contributed by atoms with Gasteiger partial charge in [-0.05, 0) is 47.5 Å². The molecule has 140 valence electrons. The molecular formula is C23H18BrNO3. The van der Waals surface area contributed by atoms with Crippen LogP contribution in [-0.2, 0) is 4.79 Å². The van der Waals surface area contributed by atoms with Gasteiger partial charge in [-0.3, -0.25) is 9.69 Å². The van der Waals surface area contributed by atoms with E-state index in [9.17, 15) is 9.90 Å². The number of anilines is 1. The Balaban J connectivity index is 1.89. The third-order valence-electron chi connectivity index (χ3n) is 4.81. The number of amides is 1. The molecule has 4 rings (SSSR count). The number of nitrogens with zero attached hydrogens (tertiary/aromatic N) is 1. The topological polar surface area (TPSA) is 49.8 Å². The Hall–Kier alpha value is -3.05. The van der Waals surface area contributed by atoms with Gasteiger partial charge in [0.25, 0.3) is 5.91 Å². The lowest BCUT2D eigenvalue weighted by atomic mass is 9.93. The highest BCUT2D eigenvalue weighted by Gasteiger charge is 2.41. The average Bonchev–Trinajstić information content (AvgIpc) is 3.00. The van der Waals surface area contributed by atoms with Crippen LogP contribution in [0.15, 0.2) is 89.1 Å². The molecule has 0 bridgehead atoms. The summed E-state index contributed by atoms with van der Waals surface area (Å²) in [4.78, 5) is 14.7. The van der Waals surface area contributed by atoms with Crippen LogP contribution in [0.1, 0.15) is 17.2 Å². The van der Waals surface area contributed by atoms with E-state index in [0.717, 1.165) is 15.6 Å². The normalized spacial score (nSPS) is 16.6. The van der Waals surface area contributed by atoms with Crippen LogP contribution in [0.4, 0.5) is 5.69 Å². The molecule has 1 aliphatic rings. The van der Waals surface area contributed by atoms with Crippen LogP contribution in [0, 0.1) is 0 Å². The molecule has 0 fully saturated rings. The van der Waals surface area contributed by atoms with E-state index in [1.807, 2.05) is 66.7 Å². The Labute approximate surface area is 171 Å². The summed E-state index contributed by atoms with van der Waals surface area (Å²) in [6.45, 7) is 0. The number of aliphatic hydroxyl groups excluding tert-OH is 1. The molecule has 0 unspecified atom stereocenters. The number of rotatable bonds is 4. The van der Waals surface area contributed by atoms with Crippen molar-refractivity contribution in [3.63, 3.8) is 0 Å². The summed E-state index contributed by atoms with van der Waals surface area (Å²) in [6.07, 6.45) is 0. The predicted octanol–water partition coefficient (Wildman–Crippen LogP) is 5.51. The Morgan fingerprint density at radius 3 is 2.32 bits per heavy atom. The Morgan fingerprint density at radius 2 is 1.68 bits per heavy atom. The van der Waals surface area contributed by atoms with E-state index in [0.29, 0.717) is 17.0 Å². The highest BCUT2D eigenvalue weighted by molar-refractivity contribution is 9.10. The van der Waals surface area contributed by atoms with Gasteiger partial charge in [-0.15, -0.1) is 0 Å². The molecule has 0 saturated heterocycles. The van der Waals surface area contributed by atoms with Crippen LogP contribution in [-0.4, -0.2) is 18.1 Å². The van der Waals surface area contributed by atoms with Gasteiger partial charge < -0.3 is 9.84 Å². The smallest absolute Gasteiger partial charge is 0.294 e. The van der Waals surface area contributed by atoms with Gasteiger partial charge in [-0.1, -0.05) is 58.4 Å².